The Morgan fingerprint density at radius 3 is 2.70 bits per heavy atom. The fourth-order valence-electron chi connectivity index (χ4n) is 3.91. The molecule has 2 amide bonds. The second-order valence-electron chi connectivity index (χ2n) is 7.80. The maximum absolute atomic E-state index is 13.1. The highest BCUT2D eigenvalue weighted by atomic mass is 32.2. The van der Waals surface area contributed by atoms with Gasteiger partial charge in [0.15, 0.2) is 0 Å². The van der Waals surface area contributed by atoms with Gasteiger partial charge in [-0.15, -0.1) is 10.2 Å². The third-order valence-corrected chi connectivity index (χ3v) is 6.48. The Bertz CT molecular complexity index is 1210. The summed E-state index contributed by atoms with van der Waals surface area (Å²) in [7, 11) is 1.34. The van der Waals surface area contributed by atoms with Crippen molar-refractivity contribution in [1.82, 2.24) is 20.4 Å². The Hall–Kier alpha value is -3.53. The van der Waals surface area contributed by atoms with Crippen LogP contribution in [0, 0.1) is 6.92 Å². The van der Waals surface area contributed by atoms with Crippen LogP contribution in [0.4, 0.5) is 4.79 Å². The van der Waals surface area contributed by atoms with E-state index in [1.54, 1.807) is 17.2 Å². The van der Waals surface area contributed by atoms with Crippen molar-refractivity contribution in [1.29, 1.82) is 0 Å². The summed E-state index contributed by atoms with van der Waals surface area (Å²) < 4.78 is 16.2. The number of hydrogen-bond acceptors (Lipinski definition) is 8. The first kappa shape index (κ1) is 21.3. The van der Waals surface area contributed by atoms with E-state index < -0.39 is 12.0 Å². The molecular weight excluding hydrogens is 444 g/mol. The van der Waals surface area contributed by atoms with Crippen molar-refractivity contribution in [3.63, 3.8) is 0 Å². The van der Waals surface area contributed by atoms with Crippen molar-refractivity contribution >= 4 is 23.8 Å². The molecule has 3 heterocycles. The predicted octanol–water partition coefficient (Wildman–Crippen LogP) is 4.09. The number of esters is 1. The number of benzene rings is 1. The molecule has 1 aliphatic carbocycles. The monoisotopic (exact) mass is 466 g/mol. The van der Waals surface area contributed by atoms with Gasteiger partial charge in [-0.1, -0.05) is 42.1 Å². The third kappa shape index (κ3) is 4.13. The molecule has 170 valence electrons. The summed E-state index contributed by atoms with van der Waals surface area (Å²) in [5.74, 6) is 0.850. The number of nitrogens with one attached hydrogen (secondary N) is 1. The summed E-state index contributed by atoms with van der Waals surface area (Å²) >= 11 is 1.27. The second-order valence-corrected chi connectivity index (χ2v) is 8.73. The van der Waals surface area contributed by atoms with Crippen LogP contribution in [0.5, 0.6) is 0 Å². The highest BCUT2D eigenvalue weighted by Crippen LogP contribution is 2.40. The summed E-state index contributed by atoms with van der Waals surface area (Å²) in [6.45, 7) is 1.82. The molecule has 0 saturated heterocycles. The minimum absolute atomic E-state index is 0.0591. The van der Waals surface area contributed by atoms with Crippen LogP contribution in [0.2, 0.25) is 0 Å². The van der Waals surface area contributed by atoms with Gasteiger partial charge in [-0.2, -0.15) is 0 Å². The summed E-state index contributed by atoms with van der Waals surface area (Å²) in [6, 6.07) is 10.4. The zero-order valence-corrected chi connectivity index (χ0v) is 18.9. The minimum atomic E-state index is -0.608. The molecule has 3 aromatic rings. The van der Waals surface area contributed by atoms with Gasteiger partial charge in [0.2, 0.25) is 0 Å². The first-order valence-electron chi connectivity index (χ1n) is 10.5. The standard InChI is InChI=1S/C23H22N4O5S/c1-13-16(10-11-31-13)20-25-26-23(32-20)33-12-17-18(21(28)30-2)19(14-6-4-3-5-7-14)24-22(29)27(17)15-8-9-15/h3-7,10-11,15,19H,8-9,12H2,1-2H3,(H,24,29)/t19-/m1/s1. The lowest BCUT2D eigenvalue weighted by Crippen LogP contribution is -2.50. The first-order valence-corrected chi connectivity index (χ1v) is 11.5. The largest absolute Gasteiger partial charge is 0.469 e. The van der Waals surface area contributed by atoms with Crippen LogP contribution in [-0.4, -0.2) is 46.0 Å². The van der Waals surface area contributed by atoms with E-state index in [4.69, 9.17) is 13.6 Å². The lowest BCUT2D eigenvalue weighted by atomic mass is 9.95. The van der Waals surface area contributed by atoms with E-state index in [0.717, 1.165) is 24.0 Å². The van der Waals surface area contributed by atoms with Crippen molar-refractivity contribution in [2.24, 2.45) is 0 Å². The number of methoxy groups -OCH3 is 1. The number of rotatable bonds is 7. The normalized spacial score (nSPS) is 18.4. The number of furan rings is 1. The number of thioether (sulfide) groups is 1. The molecule has 0 spiro atoms. The van der Waals surface area contributed by atoms with E-state index in [-0.39, 0.29) is 12.1 Å². The summed E-state index contributed by atoms with van der Waals surface area (Å²) in [6.07, 6.45) is 3.33. The predicted molar refractivity (Wildman–Crippen MR) is 119 cm³/mol. The van der Waals surface area contributed by atoms with Crippen molar-refractivity contribution < 1.29 is 23.2 Å². The van der Waals surface area contributed by atoms with Gasteiger partial charge in [0, 0.05) is 17.5 Å². The number of amides is 2. The average molecular weight is 467 g/mol. The maximum Gasteiger partial charge on any atom is 0.338 e. The molecule has 1 atom stereocenters. The molecule has 9 nitrogen and oxygen atoms in total. The quantitative estimate of drug-likeness (QED) is 0.410. The second kappa shape index (κ2) is 8.78. The number of aryl methyl sites for hydroxylation is 1. The fraction of sp³-hybridized carbons (Fsp3) is 0.304. The highest BCUT2D eigenvalue weighted by Gasteiger charge is 2.44. The van der Waals surface area contributed by atoms with Crippen molar-refractivity contribution in [3.8, 4) is 11.5 Å². The topological polar surface area (TPSA) is 111 Å². The molecule has 0 radical (unpaired) electrons. The average Bonchev–Trinajstić information content (AvgIpc) is 3.40. The Morgan fingerprint density at radius 2 is 2.03 bits per heavy atom. The van der Waals surface area contributed by atoms with Gasteiger partial charge < -0.3 is 18.9 Å². The molecule has 2 aromatic heterocycles. The SMILES string of the molecule is COC(=O)C1=C(CSc2nnc(-c3ccoc3C)o2)N(C2CC2)C(=O)N[C@@H]1c1ccccc1. The lowest BCUT2D eigenvalue weighted by molar-refractivity contribution is -0.136. The first-order chi connectivity index (χ1) is 16.1. The lowest BCUT2D eigenvalue weighted by Gasteiger charge is -2.36. The maximum atomic E-state index is 13.1. The molecule has 10 heteroatoms. The molecule has 1 saturated carbocycles. The summed E-state index contributed by atoms with van der Waals surface area (Å²) in [5.41, 5.74) is 2.55. The highest BCUT2D eigenvalue weighted by molar-refractivity contribution is 7.99. The van der Waals surface area contributed by atoms with Crippen LogP contribution in [0.15, 0.2) is 68.0 Å². The van der Waals surface area contributed by atoms with Crippen LogP contribution in [-0.2, 0) is 9.53 Å². The minimum Gasteiger partial charge on any atom is -0.469 e. The zero-order valence-electron chi connectivity index (χ0n) is 18.1. The van der Waals surface area contributed by atoms with Crippen molar-refractivity contribution in [3.05, 3.63) is 65.3 Å². The van der Waals surface area contributed by atoms with E-state index in [1.165, 1.54) is 18.9 Å². The fourth-order valence-corrected chi connectivity index (χ4v) is 4.70. The van der Waals surface area contributed by atoms with Gasteiger partial charge in [-0.3, -0.25) is 4.90 Å². The Kier molecular flexibility index (Phi) is 5.67. The molecule has 1 fully saturated rings. The van der Waals surface area contributed by atoms with Gasteiger partial charge >= 0.3 is 12.0 Å². The molecule has 33 heavy (non-hydrogen) atoms. The van der Waals surface area contributed by atoms with Crippen molar-refractivity contribution in [2.45, 2.75) is 37.1 Å². The Morgan fingerprint density at radius 1 is 1.24 bits per heavy atom. The number of aromatic nitrogens is 2. The number of hydrogen-bond donors (Lipinski definition) is 1. The van der Waals surface area contributed by atoms with E-state index in [1.807, 2.05) is 37.3 Å². The third-order valence-electron chi connectivity index (χ3n) is 5.66. The van der Waals surface area contributed by atoms with Gasteiger partial charge in [-0.25, -0.2) is 9.59 Å². The van der Waals surface area contributed by atoms with E-state index >= 15 is 0 Å². The van der Waals surface area contributed by atoms with Crippen LogP contribution in [0.25, 0.3) is 11.5 Å². The zero-order chi connectivity index (χ0) is 22.9. The molecule has 0 unspecified atom stereocenters. The van der Waals surface area contributed by atoms with Crippen LogP contribution in [0.1, 0.15) is 30.2 Å². The molecule has 1 aliphatic heterocycles. The number of carbonyl (C=O) groups is 2. The smallest absolute Gasteiger partial charge is 0.338 e. The van der Waals surface area contributed by atoms with Gasteiger partial charge in [0.05, 0.1) is 30.6 Å². The number of nitrogens with zero attached hydrogens (tertiary/aromatic N) is 3. The molecular formula is C23H22N4O5S. The molecule has 1 N–H and O–H groups in total. The van der Waals surface area contributed by atoms with Crippen LogP contribution in [0.3, 0.4) is 0 Å². The van der Waals surface area contributed by atoms with Crippen molar-refractivity contribution in [2.75, 3.05) is 12.9 Å². The summed E-state index contributed by atoms with van der Waals surface area (Å²) in [5, 5.41) is 11.5. The summed E-state index contributed by atoms with van der Waals surface area (Å²) in [4.78, 5) is 27.7. The van der Waals surface area contributed by atoms with Crippen LogP contribution < -0.4 is 5.32 Å². The van der Waals surface area contributed by atoms with E-state index in [2.05, 4.69) is 15.5 Å². The van der Waals surface area contributed by atoms with Gasteiger partial charge in [0.1, 0.15) is 5.76 Å². The van der Waals surface area contributed by atoms with Crippen LogP contribution >= 0.6 is 11.8 Å². The Balaban J connectivity index is 1.50. The molecule has 1 aromatic carbocycles. The number of urea groups is 1. The van der Waals surface area contributed by atoms with Gasteiger partial charge in [0.25, 0.3) is 11.1 Å². The molecule has 0 bridgehead atoms. The van der Waals surface area contributed by atoms with E-state index in [0.29, 0.717) is 33.9 Å². The molecule has 5 rings (SSSR count). The van der Waals surface area contributed by atoms with Gasteiger partial charge in [-0.05, 0) is 31.4 Å². The van der Waals surface area contributed by atoms with E-state index in [9.17, 15) is 9.59 Å². The number of carbonyl (C=O) groups excluding carboxylic acids is 2. The number of ether oxygens (including phenoxy) is 1. The molecule has 2 aliphatic rings. The Labute approximate surface area is 194 Å².